The summed E-state index contributed by atoms with van der Waals surface area (Å²) in [4.78, 5) is 27.7. The lowest BCUT2D eigenvalue weighted by Gasteiger charge is -2.32. The molecule has 1 atom stereocenters. The third-order valence-corrected chi connectivity index (χ3v) is 6.15. The van der Waals surface area contributed by atoms with Crippen LogP contribution in [0.15, 0.2) is 66.7 Å². The van der Waals surface area contributed by atoms with E-state index in [1.165, 1.54) is 0 Å². The molecule has 4 rings (SSSR count). The van der Waals surface area contributed by atoms with Gasteiger partial charge in [-0.2, -0.15) is 0 Å². The van der Waals surface area contributed by atoms with Gasteiger partial charge in [-0.25, -0.2) is 0 Å². The SMILES string of the molecule is CC(NC(=O)C1CCN(C(=O)c2cccc3ccccc23)CC1)c1ccc(Cl)cc1. The van der Waals surface area contributed by atoms with Crippen LogP contribution in [0.25, 0.3) is 10.8 Å². The molecule has 154 valence electrons. The number of likely N-dealkylation sites (tertiary alicyclic amines) is 1. The van der Waals surface area contributed by atoms with Crippen LogP contribution < -0.4 is 5.32 Å². The van der Waals surface area contributed by atoms with Crippen LogP contribution in [0.1, 0.15) is 41.7 Å². The highest BCUT2D eigenvalue weighted by Gasteiger charge is 2.29. The second kappa shape index (κ2) is 8.88. The van der Waals surface area contributed by atoms with E-state index >= 15 is 0 Å². The minimum atomic E-state index is -0.0786. The van der Waals surface area contributed by atoms with Gasteiger partial charge in [-0.15, -0.1) is 0 Å². The molecule has 0 spiro atoms. The minimum absolute atomic E-state index is 0.0418. The first-order valence-corrected chi connectivity index (χ1v) is 10.7. The van der Waals surface area contributed by atoms with Crippen LogP contribution in [0, 0.1) is 5.92 Å². The van der Waals surface area contributed by atoms with Gasteiger partial charge >= 0.3 is 0 Å². The van der Waals surface area contributed by atoms with Crippen LogP contribution in [0.2, 0.25) is 5.02 Å². The van der Waals surface area contributed by atoms with Gasteiger partial charge in [0.2, 0.25) is 5.91 Å². The summed E-state index contributed by atoms with van der Waals surface area (Å²) >= 11 is 5.94. The molecule has 1 saturated heterocycles. The predicted molar refractivity (Wildman–Crippen MR) is 121 cm³/mol. The summed E-state index contributed by atoms with van der Waals surface area (Å²) < 4.78 is 0. The molecule has 2 amide bonds. The van der Waals surface area contributed by atoms with Crippen molar-refractivity contribution in [3.63, 3.8) is 0 Å². The number of rotatable bonds is 4. The molecule has 30 heavy (non-hydrogen) atoms. The predicted octanol–water partition coefficient (Wildman–Crippen LogP) is 5.22. The molecule has 1 N–H and O–H groups in total. The highest BCUT2D eigenvalue weighted by Crippen LogP contribution is 2.24. The number of fused-ring (bicyclic) bond motifs is 1. The number of hydrogen-bond acceptors (Lipinski definition) is 2. The number of hydrogen-bond donors (Lipinski definition) is 1. The highest BCUT2D eigenvalue weighted by atomic mass is 35.5. The van der Waals surface area contributed by atoms with E-state index in [1.807, 2.05) is 78.6 Å². The van der Waals surface area contributed by atoms with Crippen molar-refractivity contribution in [3.05, 3.63) is 82.9 Å². The van der Waals surface area contributed by atoms with Crippen LogP contribution >= 0.6 is 11.6 Å². The van der Waals surface area contributed by atoms with Crippen LogP contribution in [0.5, 0.6) is 0 Å². The summed E-state index contributed by atoms with van der Waals surface area (Å²) in [7, 11) is 0. The molecule has 1 aliphatic rings. The molecule has 1 unspecified atom stereocenters. The van der Waals surface area contributed by atoms with E-state index in [4.69, 9.17) is 11.6 Å². The number of amides is 2. The Labute approximate surface area is 181 Å². The monoisotopic (exact) mass is 420 g/mol. The molecule has 3 aromatic carbocycles. The van der Waals surface area contributed by atoms with Gasteiger partial charge in [-0.1, -0.05) is 60.1 Å². The van der Waals surface area contributed by atoms with Crippen molar-refractivity contribution in [2.24, 2.45) is 5.92 Å². The second-order valence-corrected chi connectivity index (χ2v) is 8.31. The summed E-state index contributed by atoms with van der Waals surface area (Å²) in [6.45, 7) is 3.16. The number of carbonyl (C=O) groups excluding carboxylic acids is 2. The van der Waals surface area contributed by atoms with E-state index in [9.17, 15) is 9.59 Å². The summed E-state index contributed by atoms with van der Waals surface area (Å²) in [5.41, 5.74) is 1.75. The molecular formula is C25H25ClN2O2. The average molecular weight is 421 g/mol. The molecule has 3 aromatic rings. The lowest BCUT2D eigenvalue weighted by molar-refractivity contribution is -0.126. The van der Waals surface area contributed by atoms with Crippen molar-refractivity contribution in [1.82, 2.24) is 10.2 Å². The fourth-order valence-electron chi connectivity index (χ4n) is 4.09. The van der Waals surface area contributed by atoms with Crippen molar-refractivity contribution in [2.45, 2.75) is 25.8 Å². The third kappa shape index (κ3) is 4.34. The van der Waals surface area contributed by atoms with Crippen molar-refractivity contribution in [1.29, 1.82) is 0 Å². The van der Waals surface area contributed by atoms with Crippen LogP contribution in [0.4, 0.5) is 0 Å². The summed E-state index contributed by atoms with van der Waals surface area (Å²) in [6, 6.07) is 21.2. The number of benzene rings is 3. The standard InChI is InChI=1S/C25H25ClN2O2/c1-17(18-9-11-21(26)12-10-18)27-24(29)20-13-15-28(16-14-20)25(30)23-8-4-6-19-5-2-3-7-22(19)23/h2-12,17,20H,13-16H2,1H3,(H,27,29). The first kappa shape index (κ1) is 20.4. The zero-order valence-corrected chi connectivity index (χ0v) is 17.7. The molecule has 4 nitrogen and oxygen atoms in total. The Hall–Kier alpha value is -2.85. The molecule has 0 radical (unpaired) electrons. The minimum Gasteiger partial charge on any atom is -0.349 e. The number of nitrogens with zero attached hydrogens (tertiary/aromatic N) is 1. The van der Waals surface area contributed by atoms with Crippen molar-refractivity contribution >= 4 is 34.2 Å². The number of nitrogens with one attached hydrogen (secondary N) is 1. The maximum absolute atomic E-state index is 13.1. The van der Waals surface area contributed by atoms with Crippen molar-refractivity contribution in [3.8, 4) is 0 Å². The summed E-state index contributed by atoms with van der Waals surface area (Å²) in [6.07, 6.45) is 1.35. The van der Waals surface area contributed by atoms with Gasteiger partial charge in [-0.3, -0.25) is 9.59 Å². The Morgan fingerprint density at radius 2 is 1.63 bits per heavy atom. The van der Waals surface area contributed by atoms with E-state index in [0.29, 0.717) is 31.0 Å². The number of piperidine rings is 1. The van der Waals surface area contributed by atoms with Crippen molar-refractivity contribution in [2.75, 3.05) is 13.1 Å². The first-order chi connectivity index (χ1) is 14.5. The molecular weight excluding hydrogens is 396 g/mol. The maximum Gasteiger partial charge on any atom is 0.254 e. The fourth-order valence-corrected chi connectivity index (χ4v) is 4.22. The molecule has 0 bridgehead atoms. The Kier molecular flexibility index (Phi) is 6.05. The van der Waals surface area contributed by atoms with Crippen LogP contribution in [-0.2, 0) is 4.79 Å². The van der Waals surface area contributed by atoms with Gasteiger partial charge in [0.05, 0.1) is 6.04 Å². The molecule has 5 heteroatoms. The Morgan fingerprint density at radius 3 is 2.37 bits per heavy atom. The lowest BCUT2D eigenvalue weighted by atomic mass is 9.94. The van der Waals surface area contributed by atoms with Gasteiger partial charge in [0, 0.05) is 29.6 Å². The largest absolute Gasteiger partial charge is 0.349 e. The normalized spacial score (nSPS) is 15.7. The Morgan fingerprint density at radius 1 is 0.967 bits per heavy atom. The van der Waals surface area contributed by atoms with Gasteiger partial charge in [0.25, 0.3) is 5.91 Å². The van der Waals surface area contributed by atoms with E-state index in [2.05, 4.69) is 5.32 Å². The van der Waals surface area contributed by atoms with Crippen molar-refractivity contribution < 1.29 is 9.59 Å². The first-order valence-electron chi connectivity index (χ1n) is 10.4. The van der Waals surface area contributed by atoms with E-state index in [1.54, 1.807) is 0 Å². The molecule has 1 fully saturated rings. The fraction of sp³-hybridized carbons (Fsp3) is 0.280. The second-order valence-electron chi connectivity index (χ2n) is 7.88. The quantitative estimate of drug-likeness (QED) is 0.628. The zero-order chi connectivity index (χ0) is 21.1. The Bertz CT molecular complexity index is 1050. The summed E-state index contributed by atoms with van der Waals surface area (Å²) in [5, 5.41) is 5.82. The van der Waals surface area contributed by atoms with Gasteiger partial charge in [-0.05, 0) is 54.3 Å². The van der Waals surface area contributed by atoms with Crippen LogP contribution in [-0.4, -0.2) is 29.8 Å². The van der Waals surface area contributed by atoms with E-state index in [0.717, 1.165) is 21.9 Å². The molecule has 1 heterocycles. The van der Waals surface area contributed by atoms with E-state index < -0.39 is 0 Å². The van der Waals surface area contributed by atoms with Crippen LogP contribution in [0.3, 0.4) is 0 Å². The maximum atomic E-state index is 13.1. The Balaban J connectivity index is 1.36. The highest BCUT2D eigenvalue weighted by molar-refractivity contribution is 6.30. The van der Waals surface area contributed by atoms with Gasteiger partial charge in [0.15, 0.2) is 0 Å². The third-order valence-electron chi connectivity index (χ3n) is 5.90. The number of halogens is 1. The molecule has 1 aliphatic heterocycles. The average Bonchev–Trinajstić information content (AvgIpc) is 2.78. The topological polar surface area (TPSA) is 49.4 Å². The summed E-state index contributed by atoms with van der Waals surface area (Å²) in [5.74, 6) is 0.0196. The van der Waals surface area contributed by atoms with Gasteiger partial charge < -0.3 is 10.2 Å². The number of carbonyl (C=O) groups is 2. The zero-order valence-electron chi connectivity index (χ0n) is 17.0. The van der Waals surface area contributed by atoms with E-state index in [-0.39, 0.29) is 23.8 Å². The molecule has 0 aromatic heterocycles. The van der Waals surface area contributed by atoms with Gasteiger partial charge in [0.1, 0.15) is 0 Å². The smallest absolute Gasteiger partial charge is 0.254 e. The molecule has 0 aliphatic carbocycles. The lowest BCUT2D eigenvalue weighted by Crippen LogP contribution is -2.43. The molecule has 0 saturated carbocycles.